The third-order valence-electron chi connectivity index (χ3n) is 2.86. The first-order valence-electron chi connectivity index (χ1n) is 5.80. The predicted octanol–water partition coefficient (Wildman–Crippen LogP) is 3.21. The van der Waals surface area contributed by atoms with Crippen LogP contribution in [-0.4, -0.2) is 5.91 Å². The molecule has 2 aromatic carbocycles. The normalized spacial score (nSPS) is 10.3. The number of nitrogens with two attached hydrogens (primary N) is 2. The molecule has 0 bridgehead atoms. The zero-order chi connectivity index (χ0) is 14.9. The third kappa shape index (κ3) is 2.83. The average Bonchev–Trinajstić information content (AvgIpc) is 2.36. The van der Waals surface area contributed by atoms with Crippen LogP contribution >= 0.6 is 11.6 Å². The number of benzene rings is 2. The fourth-order valence-electron chi connectivity index (χ4n) is 1.72. The molecule has 104 valence electrons. The molecule has 4 nitrogen and oxygen atoms in total. The fourth-order valence-corrected chi connectivity index (χ4v) is 1.90. The van der Waals surface area contributed by atoms with E-state index in [2.05, 4.69) is 5.32 Å². The summed E-state index contributed by atoms with van der Waals surface area (Å²) in [5, 5.41) is 3.40. The summed E-state index contributed by atoms with van der Waals surface area (Å²) in [5.74, 6) is -1.29. The van der Waals surface area contributed by atoms with E-state index in [4.69, 9.17) is 23.1 Å². The van der Waals surface area contributed by atoms with E-state index in [0.29, 0.717) is 10.7 Å². The standard InChI is InChI=1S/C14H13ClFN3O/c1-7-2-3-8(4-10(7)15)19-13-5-9(14(18)20)12(17)6-11(13)16/h2-6,19H,17H2,1H3,(H2,18,20). The molecule has 0 spiro atoms. The molecular weight excluding hydrogens is 281 g/mol. The Hall–Kier alpha value is -2.27. The summed E-state index contributed by atoms with van der Waals surface area (Å²) >= 11 is 6.00. The second-order valence-electron chi connectivity index (χ2n) is 4.37. The van der Waals surface area contributed by atoms with Crippen molar-refractivity contribution >= 4 is 34.6 Å². The van der Waals surface area contributed by atoms with Gasteiger partial charge in [0.2, 0.25) is 0 Å². The largest absolute Gasteiger partial charge is 0.398 e. The molecule has 0 atom stereocenters. The highest BCUT2D eigenvalue weighted by Gasteiger charge is 2.12. The quantitative estimate of drug-likeness (QED) is 0.760. The van der Waals surface area contributed by atoms with Gasteiger partial charge in [-0.1, -0.05) is 17.7 Å². The third-order valence-corrected chi connectivity index (χ3v) is 3.26. The minimum Gasteiger partial charge on any atom is -0.398 e. The Balaban J connectivity index is 2.40. The maximum absolute atomic E-state index is 13.8. The van der Waals surface area contributed by atoms with Crippen LogP contribution in [-0.2, 0) is 0 Å². The van der Waals surface area contributed by atoms with Crippen LogP contribution in [0.3, 0.4) is 0 Å². The summed E-state index contributed by atoms with van der Waals surface area (Å²) < 4.78 is 13.8. The highest BCUT2D eigenvalue weighted by atomic mass is 35.5. The van der Waals surface area contributed by atoms with E-state index in [-0.39, 0.29) is 16.9 Å². The molecule has 0 aliphatic rings. The van der Waals surface area contributed by atoms with E-state index in [1.165, 1.54) is 6.07 Å². The number of carbonyl (C=O) groups excluding carboxylic acids is 1. The zero-order valence-corrected chi connectivity index (χ0v) is 11.5. The Labute approximate surface area is 120 Å². The molecule has 0 aliphatic carbocycles. The van der Waals surface area contributed by atoms with E-state index in [1.54, 1.807) is 18.2 Å². The number of carbonyl (C=O) groups is 1. The maximum Gasteiger partial charge on any atom is 0.250 e. The molecule has 5 N–H and O–H groups in total. The minimum atomic E-state index is -0.715. The lowest BCUT2D eigenvalue weighted by Crippen LogP contribution is -2.14. The number of nitrogens with one attached hydrogen (secondary N) is 1. The molecular formula is C14H13ClFN3O. The molecule has 0 radical (unpaired) electrons. The summed E-state index contributed by atoms with van der Waals surface area (Å²) in [5.41, 5.74) is 12.4. The number of anilines is 3. The smallest absolute Gasteiger partial charge is 0.250 e. The number of halogens is 2. The molecule has 0 saturated carbocycles. The lowest BCUT2D eigenvalue weighted by atomic mass is 10.1. The Morgan fingerprint density at radius 3 is 2.60 bits per heavy atom. The number of nitrogen functional groups attached to an aromatic ring is 1. The SMILES string of the molecule is Cc1ccc(Nc2cc(C(N)=O)c(N)cc2F)cc1Cl. The Kier molecular flexibility index (Phi) is 3.81. The van der Waals surface area contributed by atoms with Crippen LogP contribution in [0.4, 0.5) is 21.5 Å². The van der Waals surface area contributed by atoms with Crippen molar-refractivity contribution in [3.05, 3.63) is 52.3 Å². The van der Waals surface area contributed by atoms with E-state index < -0.39 is 11.7 Å². The molecule has 0 unspecified atom stereocenters. The number of hydrogen-bond acceptors (Lipinski definition) is 3. The summed E-state index contributed by atoms with van der Waals surface area (Å²) in [7, 11) is 0. The highest BCUT2D eigenvalue weighted by molar-refractivity contribution is 6.31. The number of aryl methyl sites for hydroxylation is 1. The summed E-state index contributed by atoms with van der Waals surface area (Å²) in [6.45, 7) is 1.86. The first-order valence-corrected chi connectivity index (χ1v) is 6.18. The molecule has 0 aliphatic heterocycles. The van der Waals surface area contributed by atoms with E-state index in [1.807, 2.05) is 6.92 Å². The van der Waals surface area contributed by atoms with Gasteiger partial charge in [0.05, 0.1) is 11.3 Å². The van der Waals surface area contributed by atoms with Crippen LogP contribution in [0.1, 0.15) is 15.9 Å². The molecule has 20 heavy (non-hydrogen) atoms. The van der Waals surface area contributed by atoms with Crippen LogP contribution in [0.5, 0.6) is 0 Å². The van der Waals surface area contributed by atoms with E-state index in [9.17, 15) is 9.18 Å². The van der Waals surface area contributed by atoms with Crippen molar-refractivity contribution in [2.45, 2.75) is 6.92 Å². The van der Waals surface area contributed by atoms with Crippen molar-refractivity contribution in [2.75, 3.05) is 11.1 Å². The molecule has 0 saturated heterocycles. The summed E-state index contributed by atoms with van der Waals surface area (Å²) in [4.78, 5) is 11.2. The first kappa shape index (κ1) is 14.1. The van der Waals surface area contributed by atoms with Gasteiger partial charge in [0.1, 0.15) is 5.82 Å². The van der Waals surface area contributed by atoms with E-state index in [0.717, 1.165) is 11.6 Å². The minimum absolute atomic E-state index is 0.00230. The summed E-state index contributed by atoms with van der Waals surface area (Å²) in [6, 6.07) is 7.55. The van der Waals surface area contributed by atoms with Gasteiger partial charge in [-0.15, -0.1) is 0 Å². The number of amides is 1. The topological polar surface area (TPSA) is 81.1 Å². The molecule has 0 aromatic heterocycles. The van der Waals surface area contributed by atoms with Crippen LogP contribution in [0, 0.1) is 12.7 Å². The van der Waals surface area contributed by atoms with Gasteiger partial charge in [0.25, 0.3) is 5.91 Å². The van der Waals surface area contributed by atoms with Crippen molar-refractivity contribution < 1.29 is 9.18 Å². The highest BCUT2D eigenvalue weighted by Crippen LogP contribution is 2.27. The maximum atomic E-state index is 13.8. The van der Waals surface area contributed by atoms with Gasteiger partial charge in [-0.2, -0.15) is 0 Å². The lowest BCUT2D eigenvalue weighted by Gasteiger charge is -2.11. The van der Waals surface area contributed by atoms with Gasteiger partial charge in [0.15, 0.2) is 0 Å². The van der Waals surface area contributed by atoms with Gasteiger partial charge in [-0.05, 0) is 36.8 Å². The Morgan fingerprint density at radius 1 is 1.30 bits per heavy atom. The summed E-state index contributed by atoms with van der Waals surface area (Å²) in [6.07, 6.45) is 0. The van der Waals surface area contributed by atoms with Crippen molar-refractivity contribution in [3.8, 4) is 0 Å². The predicted molar refractivity (Wildman–Crippen MR) is 78.8 cm³/mol. The van der Waals surface area contributed by atoms with Crippen LogP contribution in [0.25, 0.3) is 0 Å². The van der Waals surface area contributed by atoms with Crippen LogP contribution in [0.15, 0.2) is 30.3 Å². The van der Waals surface area contributed by atoms with Crippen molar-refractivity contribution in [1.29, 1.82) is 0 Å². The molecule has 6 heteroatoms. The average molecular weight is 294 g/mol. The Bertz CT molecular complexity index is 688. The monoisotopic (exact) mass is 293 g/mol. The van der Waals surface area contributed by atoms with Crippen LogP contribution < -0.4 is 16.8 Å². The van der Waals surface area contributed by atoms with Gasteiger partial charge < -0.3 is 16.8 Å². The fraction of sp³-hybridized carbons (Fsp3) is 0.0714. The van der Waals surface area contributed by atoms with Gasteiger partial charge in [-0.3, -0.25) is 4.79 Å². The lowest BCUT2D eigenvalue weighted by molar-refractivity contribution is 0.100. The van der Waals surface area contributed by atoms with Crippen molar-refractivity contribution in [2.24, 2.45) is 5.73 Å². The van der Waals surface area contributed by atoms with E-state index >= 15 is 0 Å². The van der Waals surface area contributed by atoms with Crippen LogP contribution in [0.2, 0.25) is 5.02 Å². The second kappa shape index (κ2) is 5.38. The molecule has 1 amide bonds. The molecule has 2 rings (SSSR count). The first-order chi connectivity index (χ1) is 9.38. The molecule has 2 aromatic rings. The van der Waals surface area contributed by atoms with Crippen molar-refractivity contribution in [1.82, 2.24) is 0 Å². The zero-order valence-electron chi connectivity index (χ0n) is 10.7. The second-order valence-corrected chi connectivity index (χ2v) is 4.78. The van der Waals surface area contributed by atoms with Gasteiger partial charge in [-0.25, -0.2) is 4.39 Å². The number of hydrogen-bond donors (Lipinski definition) is 3. The number of primary amides is 1. The Morgan fingerprint density at radius 2 is 2.00 bits per heavy atom. The van der Waals surface area contributed by atoms with Gasteiger partial charge >= 0.3 is 0 Å². The molecule has 0 heterocycles. The molecule has 0 fully saturated rings. The van der Waals surface area contributed by atoms with Crippen molar-refractivity contribution in [3.63, 3.8) is 0 Å². The van der Waals surface area contributed by atoms with Gasteiger partial charge in [0, 0.05) is 16.4 Å². The number of rotatable bonds is 3.